The van der Waals surface area contributed by atoms with Crippen LogP contribution in [0.2, 0.25) is 0 Å². The lowest BCUT2D eigenvalue weighted by atomic mass is 10.1. The van der Waals surface area contributed by atoms with Gasteiger partial charge in [-0.15, -0.1) is 5.01 Å². The summed E-state index contributed by atoms with van der Waals surface area (Å²) in [5.74, 6) is -1.12. The lowest BCUT2D eigenvalue weighted by Crippen LogP contribution is -2.40. The summed E-state index contributed by atoms with van der Waals surface area (Å²) < 4.78 is 78.1. The number of benzene rings is 2. The van der Waals surface area contributed by atoms with E-state index in [4.69, 9.17) is 4.74 Å². The largest absolute Gasteiger partial charge is 0.569 e. The molecule has 1 aromatic heterocycles. The van der Waals surface area contributed by atoms with Crippen molar-refractivity contribution in [3.63, 3.8) is 0 Å². The van der Waals surface area contributed by atoms with Crippen LogP contribution in [0.1, 0.15) is 32.0 Å². The molecule has 0 saturated heterocycles. The van der Waals surface area contributed by atoms with Gasteiger partial charge in [0.05, 0.1) is 28.3 Å². The molecule has 0 spiro atoms. The van der Waals surface area contributed by atoms with Crippen LogP contribution >= 0.6 is 0 Å². The number of alkyl halides is 3. The smallest absolute Gasteiger partial charge is 0.511 e. The molecule has 0 atom stereocenters. The number of ether oxygens (including phenoxy) is 2. The number of hydrazine groups is 1. The fourth-order valence-electron chi connectivity index (χ4n) is 3.41. The number of hydrogen-bond donors (Lipinski definition) is 1. The van der Waals surface area contributed by atoms with Crippen molar-refractivity contribution in [1.29, 1.82) is 0 Å². The van der Waals surface area contributed by atoms with E-state index in [1.54, 1.807) is 49.8 Å². The van der Waals surface area contributed by atoms with Crippen molar-refractivity contribution in [1.82, 2.24) is 19.5 Å². The zero-order chi connectivity index (χ0) is 32.9. The van der Waals surface area contributed by atoms with E-state index in [-0.39, 0.29) is 21.2 Å². The average Bonchev–Trinajstić information content (AvgIpc) is 3.36. The van der Waals surface area contributed by atoms with Gasteiger partial charge in [-0.2, -0.15) is 18.3 Å². The molecule has 0 aliphatic carbocycles. The normalized spacial score (nSPS) is 12.4. The van der Waals surface area contributed by atoms with Crippen LogP contribution in [-0.2, 0) is 35.3 Å². The quantitative estimate of drug-likeness (QED) is 0.0840. The summed E-state index contributed by atoms with van der Waals surface area (Å²) in [6, 6.07) is 12.2. The van der Waals surface area contributed by atoms with E-state index in [1.165, 1.54) is 12.1 Å². The van der Waals surface area contributed by atoms with E-state index in [2.05, 4.69) is 20.0 Å². The van der Waals surface area contributed by atoms with Gasteiger partial charge in [0.1, 0.15) is 5.60 Å². The fourth-order valence-corrected chi connectivity index (χ4v) is 4.39. The standard InChI is InChI=1S/C26H29F3N6O8S/c1-17-6-8-18(9-7-17)21-14-22(26(27,28)29)30-34(21)19-10-12-20(13-11-19)44(39,40)31-23(36)15-33(5)35(38)32-42-16-41-24(37)43-25(2,3)4/h6-14H,15-16H2,1-5H3,(H,31,36)/b35-32-. The molecule has 0 fully saturated rings. The first-order valence-corrected chi connectivity index (χ1v) is 14.1. The number of rotatable bonds is 10. The summed E-state index contributed by atoms with van der Waals surface area (Å²) in [4.78, 5) is 27.7. The van der Waals surface area contributed by atoms with Crippen molar-refractivity contribution in [2.24, 2.45) is 5.28 Å². The molecule has 0 aliphatic heterocycles. The Bertz CT molecular complexity index is 1620. The number of aryl methyl sites for hydroxylation is 1. The molecule has 1 heterocycles. The average molecular weight is 643 g/mol. The Balaban J connectivity index is 1.67. The zero-order valence-corrected chi connectivity index (χ0v) is 25.0. The minimum atomic E-state index is -4.72. The topological polar surface area (TPSA) is 167 Å². The number of hydrogen-bond acceptors (Lipinski definition) is 10. The summed E-state index contributed by atoms with van der Waals surface area (Å²) in [5.41, 5.74) is -0.361. The Morgan fingerprint density at radius 3 is 2.27 bits per heavy atom. The first-order valence-electron chi connectivity index (χ1n) is 12.6. The van der Waals surface area contributed by atoms with E-state index in [9.17, 15) is 36.4 Å². The third-order valence-electron chi connectivity index (χ3n) is 5.40. The fraction of sp³-hybridized carbons (Fsp3) is 0.346. The van der Waals surface area contributed by atoms with Gasteiger partial charge in [-0.25, -0.2) is 22.6 Å². The molecular weight excluding hydrogens is 613 g/mol. The second-order valence-electron chi connectivity index (χ2n) is 10.2. The van der Waals surface area contributed by atoms with Crippen molar-refractivity contribution >= 4 is 22.1 Å². The molecule has 14 nitrogen and oxygen atoms in total. The number of nitrogens with zero attached hydrogens (tertiary/aromatic N) is 5. The van der Waals surface area contributed by atoms with Crippen molar-refractivity contribution in [2.75, 3.05) is 20.4 Å². The van der Waals surface area contributed by atoms with Crippen LogP contribution in [0.5, 0.6) is 0 Å². The molecule has 0 radical (unpaired) electrons. The van der Waals surface area contributed by atoms with Crippen molar-refractivity contribution < 1.29 is 50.5 Å². The maximum absolute atomic E-state index is 13.5. The number of halogens is 3. The van der Waals surface area contributed by atoms with E-state index in [1.807, 2.05) is 6.92 Å². The Hall–Kier alpha value is -4.87. The highest BCUT2D eigenvalue weighted by Gasteiger charge is 2.35. The molecule has 1 N–H and O–H groups in total. The van der Waals surface area contributed by atoms with Crippen LogP contribution < -0.4 is 4.72 Å². The lowest BCUT2D eigenvalue weighted by molar-refractivity contribution is -0.704. The summed E-state index contributed by atoms with van der Waals surface area (Å²) in [7, 11) is -3.35. The molecule has 3 rings (SSSR count). The van der Waals surface area contributed by atoms with Crippen LogP contribution in [-0.4, -0.2) is 66.2 Å². The van der Waals surface area contributed by atoms with E-state index >= 15 is 0 Å². The minimum absolute atomic E-state index is 0.122. The van der Waals surface area contributed by atoms with Gasteiger partial charge in [0.2, 0.25) is 5.28 Å². The molecule has 238 valence electrons. The summed E-state index contributed by atoms with van der Waals surface area (Å²) in [6.07, 6.45) is -5.79. The Morgan fingerprint density at radius 2 is 1.70 bits per heavy atom. The van der Waals surface area contributed by atoms with Crippen LogP contribution in [0.25, 0.3) is 16.9 Å². The van der Waals surface area contributed by atoms with Gasteiger partial charge < -0.3 is 19.5 Å². The molecule has 44 heavy (non-hydrogen) atoms. The number of aromatic nitrogens is 2. The van der Waals surface area contributed by atoms with Gasteiger partial charge in [-0.05, 0) is 58.0 Å². The van der Waals surface area contributed by atoms with Gasteiger partial charge in [-0.3, -0.25) is 4.79 Å². The highest BCUT2D eigenvalue weighted by atomic mass is 32.2. The number of nitrogens with one attached hydrogen (secondary N) is 1. The molecule has 0 unspecified atom stereocenters. The Labute approximate surface area is 250 Å². The molecule has 1 amide bonds. The van der Waals surface area contributed by atoms with Gasteiger partial charge >= 0.3 is 12.3 Å². The number of carbonyl (C=O) groups is 2. The van der Waals surface area contributed by atoms with E-state index in [0.717, 1.165) is 35.5 Å². The van der Waals surface area contributed by atoms with Gasteiger partial charge in [-0.1, -0.05) is 29.8 Å². The van der Waals surface area contributed by atoms with E-state index < -0.39 is 52.9 Å². The first kappa shape index (κ1) is 33.6. The summed E-state index contributed by atoms with van der Waals surface area (Å²) in [6.45, 7) is 5.08. The number of amides is 1. The van der Waals surface area contributed by atoms with Crippen molar-refractivity contribution in [2.45, 2.75) is 44.4 Å². The van der Waals surface area contributed by atoms with Crippen LogP contribution in [0.4, 0.5) is 18.0 Å². The van der Waals surface area contributed by atoms with Gasteiger partial charge in [0.25, 0.3) is 22.7 Å². The van der Waals surface area contributed by atoms with Crippen LogP contribution in [0.3, 0.4) is 0 Å². The zero-order valence-electron chi connectivity index (χ0n) is 24.2. The number of likely N-dealkylation sites (N-methyl/N-ethyl adjacent to an activating group) is 1. The highest BCUT2D eigenvalue weighted by Crippen LogP contribution is 2.33. The number of sulfonamides is 1. The molecule has 18 heteroatoms. The van der Waals surface area contributed by atoms with Crippen LogP contribution in [0, 0.1) is 12.1 Å². The minimum Gasteiger partial charge on any atom is -0.569 e. The predicted molar refractivity (Wildman–Crippen MR) is 146 cm³/mol. The molecule has 0 bridgehead atoms. The summed E-state index contributed by atoms with van der Waals surface area (Å²) >= 11 is 0. The molecule has 0 aliphatic rings. The number of carbonyl (C=O) groups excluding carboxylic acids is 2. The lowest BCUT2D eigenvalue weighted by Gasteiger charge is -2.18. The molecule has 2 aromatic carbocycles. The molecular formula is C26H29F3N6O8S. The third-order valence-corrected chi connectivity index (χ3v) is 6.79. The monoisotopic (exact) mass is 642 g/mol. The van der Waals surface area contributed by atoms with Crippen molar-refractivity contribution in [3.8, 4) is 16.9 Å². The third kappa shape index (κ3) is 9.32. The predicted octanol–water partition coefficient (Wildman–Crippen LogP) is 4.32. The van der Waals surface area contributed by atoms with E-state index in [0.29, 0.717) is 10.6 Å². The van der Waals surface area contributed by atoms with Gasteiger partial charge in [0.15, 0.2) is 12.2 Å². The maximum Gasteiger partial charge on any atom is 0.511 e. The Morgan fingerprint density at radius 1 is 1.09 bits per heavy atom. The Kier molecular flexibility index (Phi) is 10.1. The second kappa shape index (κ2) is 13.2. The van der Waals surface area contributed by atoms with Crippen LogP contribution in [0.15, 0.2) is 64.8 Å². The van der Waals surface area contributed by atoms with Gasteiger partial charge in [0, 0.05) is 5.56 Å². The SMILES string of the molecule is Cc1ccc(-c2cc(C(F)(F)F)nn2-c2ccc(S(=O)(=O)NC(=O)CN(C)/[N+]([O-])=N/OCOC(=O)OC(C)(C)C)cc2)cc1. The molecule has 0 saturated carbocycles. The maximum atomic E-state index is 13.5. The second-order valence-corrected chi connectivity index (χ2v) is 11.9. The van der Waals surface area contributed by atoms with Crippen molar-refractivity contribution in [3.05, 3.63) is 71.1 Å². The highest BCUT2D eigenvalue weighted by molar-refractivity contribution is 7.90. The first-order chi connectivity index (χ1) is 20.4. The molecule has 3 aromatic rings. The summed E-state index contributed by atoms with van der Waals surface area (Å²) in [5, 5.41) is 19.3.